The van der Waals surface area contributed by atoms with Crippen molar-refractivity contribution in [2.24, 2.45) is 0 Å². The van der Waals surface area contributed by atoms with E-state index in [0.29, 0.717) is 22.5 Å². The molecular formula is C24H18FN3O3. The molecule has 4 rings (SSSR count). The van der Waals surface area contributed by atoms with Crippen LogP contribution in [0.15, 0.2) is 66.7 Å². The van der Waals surface area contributed by atoms with Crippen molar-refractivity contribution in [3.63, 3.8) is 0 Å². The van der Waals surface area contributed by atoms with Gasteiger partial charge in [-0.2, -0.15) is 0 Å². The molecule has 1 aromatic heterocycles. The summed E-state index contributed by atoms with van der Waals surface area (Å²) in [5.41, 5.74) is 8.42. The molecule has 31 heavy (non-hydrogen) atoms. The number of carbonyl (C=O) groups is 1. The van der Waals surface area contributed by atoms with E-state index in [0.717, 1.165) is 0 Å². The number of anilines is 1. The van der Waals surface area contributed by atoms with E-state index in [2.05, 4.69) is 9.97 Å². The van der Waals surface area contributed by atoms with Crippen LogP contribution >= 0.6 is 0 Å². The Labute approximate surface area is 177 Å². The van der Waals surface area contributed by atoms with Gasteiger partial charge in [0.25, 0.3) is 0 Å². The SMILES string of the molecule is Cc1ccc(C(=O)c2ccc(O)c(-c3cc(-c4ccc(O)cc4)nc(N)n3)c2)c(F)c1. The van der Waals surface area contributed by atoms with Gasteiger partial charge < -0.3 is 15.9 Å². The lowest BCUT2D eigenvalue weighted by Crippen LogP contribution is -2.05. The van der Waals surface area contributed by atoms with Gasteiger partial charge in [-0.15, -0.1) is 0 Å². The predicted molar refractivity (Wildman–Crippen MR) is 115 cm³/mol. The Bertz CT molecular complexity index is 1300. The van der Waals surface area contributed by atoms with Gasteiger partial charge in [0.1, 0.15) is 17.3 Å². The van der Waals surface area contributed by atoms with Gasteiger partial charge in [0.2, 0.25) is 5.95 Å². The third kappa shape index (κ3) is 4.06. The molecular weight excluding hydrogens is 397 g/mol. The van der Waals surface area contributed by atoms with E-state index in [1.165, 1.54) is 42.5 Å². The van der Waals surface area contributed by atoms with Gasteiger partial charge in [-0.05, 0) is 73.2 Å². The third-order valence-corrected chi connectivity index (χ3v) is 4.81. The number of aromatic nitrogens is 2. The minimum atomic E-state index is -0.611. The van der Waals surface area contributed by atoms with Crippen LogP contribution in [0.25, 0.3) is 22.5 Å². The molecule has 0 saturated carbocycles. The fourth-order valence-electron chi connectivity index (χ4n) is 3.23. The van der Waals surface area contributed by atoms with Crippen molar-refractivity contribution in [2.45, 2.75) is 6.92 Å². The first kappa shape index (κ1) is 20.0. The molecule has 154 valence electrons. The highest BCUT2D eigenvalue weighted by molar-refractivity contribution is 6.10. The topological polar surface area (TPSA) is 109 Å². The van der Waals surface area contributed by atoms with Crippen LogP contribution in [0.2, 0.25) is 0 Å². The molecule has 0 saturated heterocycles. The number of nitrogens with zero attached hydrogens (tertiary/aromatic N) is 2. The molecule has 0 bridgehead atoms. The van der Waals surface area contributed by atoms with Crippen LogP contribution in [0.4, 0.5) is 10.3 Å². The second kappa shape index (κ2) is 7.87. The largest absolute Gasteiger partial charge is 0.508 e. The number of hydrogen-bond acceptors (Lipinski definition) is 6. The van der Waals surface area contributed by atoms with Gasteiger partial charge >= 0.3 is 0 Å². The first-order valence-corrected chi connectivity index (χ1v) is 9.40. The Morgan fingerprint density at radius 2 is 1.61 bits per heavy atom. The number of carbonyl (C=O) groups excluding carboxylic acids is 1. The van der Waals surface area contributed by atoms with Gasteiger partial charge in [0.15, 0.2) is 5.78 Å². The summed E-state index contributed by atoms with van der Waals surface area (Å²) in [6.45, 7) is 1.74. The molecule has 0 fully saturated rings. The van der Waals surface area contributed by atoms with Gasteiger partial charge in [0, 0.05) is 16.7 Å². The van der Waals surface area contributed by atoms with Crippen molar-refractivity contribution < 1.29 is 19.4 Å². The smallest absolute Gasteiger partial charge is 0.221 e. The van der Waals surface area contributed by atoms with Crippen LogP contribution in [-0.4, -0.2) is 26.0 Å². The number of nitrogens with two attached hydrogens (primary N) is 1. The molecule has 0 radical (unpaired) electrons. The quantitative estimate of drug-likeness (QED) is 0.424. The average molecular weight is 415 g/mol. The summed E-state index contributed by atoms with van der Waals surface area (Å²) in [5, 5.41) is 19.9. The minimum absolute atomic E-state index is 0.0266. The molecule has 0 unspecified atom stereocenters. The van der Waals surface area contributed by atoms with Crippen molar-refractivity contribution in [3.8, 4) is 34.0 Å². The molecule has 6 nitrogen and oxygen atoms in total. The number of aryl methyl sites for hydroxylation is 1. The Morgan fingerprint density at radius 3 is 2.32 bits per heavy atom. The van der Waals surface area contributed by atoms with Crippen LogP contribution in [0.3, 0.4) is 0 Å². The third-order valence-electron chi connectivity index (χ3n) is 4.81. The first-order valence-electron chi connectivity index (χ1n) is 9.40. The highest BCUT2D eigenvalue weighted by Crippen LogP contribution is 2.32. The lowest BCUT2D eigenvalue weighted by atomic mass is 9.98. The Morgan fingerprint density at radius 1 is 0.903 bits per heavy atom. The zero-order valence-electron chi connectivity index (χ0n) is 16.5. The van der Waals surface area contributed by atoms with E-state index in [4.69, 9.17) is 5.73 Å². The number of phenolic OH excluding ortho intramolecular Hbond substituents is 2. The maximum absolute atomic E-state index is 14.3. The van der Waals surface area contributed by atoms with Crippen molar-refractivity contribution >= 4 is 11.7 Å². The van der Waals surface area contributed by atoms with Gasteiger partial charge in [0.05, 0.1) is 17.0 Å². The number of phenols is 2. The molecule has 3 aromatic carbocycles. The molecule has 0 aliphatic rings. The summed E-state index contributed by atoms with van der Waals surface area (Å²) in [6.07, 6.45) is 0. The number of rotatable bonds is 4. The predicted octanol–water partition coefficient (Wildman–Crippen LogP) is 4.48. The van der Waals surface area contributed by atoms with Crippen molar-refractivity contribution in [1.82, 2.24) is 9.97 Å². The maximum Gasteiger partial charge on any atom is 0.221 e. The second-order valence-electron chi connectivity index (χ2n) is 7.09. The summed E-state index contributed by atoms with van der Waals surface area (Å²) in [6, 6.07) is 16.6. The zero-order valence-corrected chi connectivity index (χ0v) is 16.5. The van der Waals surface area contributed by atoms with Crippen LogP contribution < -0.4 is 5.73 Å². The summed E-state index contributed by atoms with van der Waals surface area (Å²) in [4.78, 5) is 21.2. The standard InChI is InChI=1S/C24H18FN3O3/c1-13-2-8-17(19(25)10-13)23(31)15-5-9-22(30)18(11-15)21-12-20(27-24(26)28-21)14-3-6-16(29)7-4-14/h2-12,29-30H,1H3,(H2,26,27,28). The molecule has 4 N–H and O–H groups in total. The maximum atomic E-state index is 14.3. The monoisotopic (exact) mass is 415 g/mol. The number of aromatic hydroxyl groups is 2. The summed E-state index contributed by atoms with van der Waals surface area (Å²) >= 11 is 0. The highest BCUT2D eigenvalue weighted by atomic mass is 19.1. The van der Waals surface area contributed by atoms with E-state index >= 15 is 0 Å². The second-order valence-corrected chi connectivity index (χ2v) is 7.09. The van der Waals surface area contributed by atoms with Crippen LogP contribution in [-0.2, 0) is 0 Å². The van der Waals surface area contributed by atoms with E-state index in [9.17, 15) is 19.4 Å². The molecule has 0 spiro atoms. The van der Waals surface area contributed by atoms with Gasteiger partial charge in [-0.3, -0.25) is 4.79 Å². The molecule has 0 aliphatic carbocycles. The number of nitrogen functional groups attached to an aromatic ring is 1. The number of hydrogen-bond donors (Lipinski definition) is 3. The van der Waals surface area contributed by atoms with E-state index < -0.39 is 11.6 Å². The lowest BCUT2D eigenvalue weighted by Gasteiger charge is -2.10. The first-order chi connectivity index (χ1) is 14.8. The number of benzene rings is 3. The number of halogens is 1. The zero-order chi connectivity index (χ0) is 22.1. The molecule has 1 heterocycles. The minimum Gasteiger partial charge on any atom is -0.508 e. The van der Waals surface area contributed by atoms with Gasteiger partial charge in [-0.25, -0.2) is 14.4 Å². The average Bonchev–Trinajstić information content (AvgIpc) is 2.73. The van der Waals surface area contributed by atoms with Crippen LogP contribution in [0, 0.1) is 12.7 Å². The molecule has 0 amide bonds. The Hall–Kier alpha value is -4.26. The van der Waals surface area contributed by atoms with E-state index in [-0.39, 0.29) is 34.1 Å². The van der Waals surface area contributed by atoms with Crippen molar-refractivity contribution in [2.75, 3.05) is 5.73 Å². The van der Waals surface area contributed by atoms with Crippen molar-refractivity contribution in [1.29, 1.82) is 0 Å². The molecule has 7 heteroatoms. The number of ketones is 1. The van der Waals surface area contributed by atoms with E-state index in [1.807, 2.05) is 0 Å². The Balaban J connectivity index is 1.78. The Kier molecular flexibility index (Phi) is 5.09. The molecule has 0 aliphatic heterocycles. The fraction of sp³-hybridized carbons (Fsp3) is 0.0417. The lowest BCUT2D eigenvalue weighted by molar-refractivity contribution is 0.103. The summed E-state index contributed by atoms with van der Waals surface area (Å²) in [5.74, 6) is -1.16. The molecule has 0 atom stereocenters. The highest BCUT2D eigenvalue weighted by Gasteiger charge is 2.18. The molecule has 4 aromatic rings. The summed E-state index contributed by atoms with van der Waals surface area (Å²) in [7, 11) is 0. The van der Waals surface area contributed by atoms with Crippen LogP contribution in [0.1, 0.15) is 21.5 Å². The summed E-state index contributed by atoms with van der Waals surface area (Å²) < 4.78 is 14.3. The van der Waals surface area contributed by atoms with Crippen LogP contribution in [0.5, 0.6) is 11.5 Å². The van der Waals surface area contributed by atoms with Gasteiger partial charge in [-0.1, -0.05) is 6.07 Å². The fourth-order valence-corrected chi connectivity index (χ4v) is 3.23. The van der Waals surface area contributed by atoms with E-state index in [1.54, 1.807) is 31.2 Å². The van der Waals surface area contributed by atoms with Crippen molar-refractivity contribution in [3.05, 3.63) is 89.2 Å². The normalized spacial score (nSPS) is 10.8.